The minimum Gasteiger partial charge on any atom is -0.341 e. The predicted octanol–water partition coefficient (Wildman–Crippen LogP) is 3.02. The van der Waals surface area contributed by atoms with Crippen molar-refractivity contribution in [2.45, 2.75) is 38.0 Å². The van der Waals surface area contributed by atoms with Gasteiger partial charge in [0.15, 0.2) is 0 Å². The summed E-state index contributed by atoms with van der Waals surface area (Å²) in [5.74, 6) is 5.74. The van der Waals surface area contributed by atoms with E-state index in [1.807, 2.05) is 24.3 Å². The first-order chi connectivity index (χ1) is 15.9. The smallest absolute Gasteiger partial charge is 0.252 e. The molecule has 1 aliphatic heterocycles. The van der Waals surface area contributed by atoms with Gasteiger partial charge in [-0.1, -0.05) is 25.7 Å². The van der Waals surface area contributed by atoms with Crippen molar-refractivity contribution in [1.29, 1.82) is 0 Å². The van der Waals surface area contributed by atoms with E-state index in [1.54, 1.807) is 18.7 Å². The van der Waals surface area contributed by atoms with Gasteiger partial charge in [0, 0.05) is 42.9 Å². The molecule has 1 fully saturated rings. The lowest BCUT2D eigenvalue weighted by atomic mass is 10.1. The summed E-state index contributed by atoms with van der Waals surface area (Å²) < 4.78 is 26.4. The Hall–Kier alpha value is -3.15. The van der Waals surface area contributed by atoms with E-state index in [9.17, 15) is 18.0 Å². The molecule has 0 aromatic heterocycles. The minimum absolute atomic E-state index is 0.154. The largest absolute Gasteiger partial charge is 0.341 e. The van der Waals surface area contributed by atoms with Crippen LogP contribution in [0.1, 0.15) is 49.0 Å². The van der Waals surface area contributed by atoms with E-state index >= 15 is 0 Å². The van der Waals surface area contributed by atoms with Crippen LogP contribution in [0.25, 0.3) is 0 Å². The van der Waals surface area contributed by atoms with Crippen LogP contribution in [0, 0.1) is 11.8 Å². The van der Waals surface area contributed by atoms with Gasteiger partial charge in [-0.05, 0) is 61.4 Å². The zero-order valence-electron chi connectivity index (χ0n) is 19.0. The maximum Gasteiger partial charge on any atom is 0.252 e. The average molecular weight is 468 g/mol. The Bertz CT molecular complexity index is 1140. The SMILES string of the molecule is CCN(CC)S(=O)(=O)c1ccc(C(=O)NCC#Cc2ccc(N3CCCCC3=O)cc2)cc1. The van der Waals surface area contributed by atoms with Gasteiger partial charge in [-0.2, -0.15) is 4.31 Å². The topological polar surface area (TPSA) is 86.8 Å². The van der Waals surface area contributed by atoms with E-state index in [0.717, 1.165) is 30.6 Å². The molecule has 2 amide bonds. The first kappa shape index (κ1) is 24.5. The molecule has 0 atom stereocenters. The lowest BCUT2D eigenvalue weighted by Crippen LogP contribution is -2.35. The third kappa shape index (κ3) is 6.01. The van der Waals surface area contributed by atoms with Gasteiger partial charge >= 0.3 is 0 Å². The molecule has 0 bridgehead atoms. The molecule has 0 saturated carbocycles. The molecule has 1 saturated heterocycles. The Morgan fingerprint density at radius 1 is 1.03 bits per heavy atom. The quantitative estimate of drug-likeness (QED) is 0.634. The van der Waals surface area contributed by atoms with E-state index in [2.05, 4.69) is 17.2 Å². The fourth-order valence-corrected chi connectivity index (χ4v) is 5.13. The first-order valence-electron chi connectivity index (χ1n) is 11.1. The number of rotatable bonds is 7. The van der Waals surface area contributed by atoms with Crippen LogP contribution in [-0.2, 0) is 14.8 Å². The lowest BCUT2D eigenvalue weighted by molar-refractivity contribution is -0.119. The van der Waals surface area contributed by atoms with Gasteiger partial charge in [-0.3, -0.25) is 9.59 Å². The van der Waals surface area contributed by atoms with Crippen LogP contribution in [0.4, 0.5) is 5.69 Å². The van der Waals surface area contributed by atoms with Crippen molar-refractivity contribution >= 4 is 27.5 Å². The highest BCUT2D eigenvalue weighted by Crippen LogP contribution is 2.21. The molecule has 1 N–H and O–H groups in total. The highest BCUT2D eigenvalue weighted by Gasteiger charge is 2.22. The molecule has 0 radical (unpaired) electrons. The monoisotopic (exact) mass is 467 g/mol. The van der Waals surface area contributed by atoms with E-state index in [1.165, 1.54) is 28.6 Å². The summed E-state index contributed by atoms with van der Waals surface area (Å²) in [5, 5.41) is 2.72. The second-order valence-electron chi connectivity index (χ2n) is 7.65. The molecular formula is C25H29N3O4S. The molecular weight excluding hydrogens is 438 g/mol. The Kier molecular flexibility index (Phi) is 8.26. The van der Waals surface area contributed by atoms with Gasteiger partial charge in [0.05, 0.1) is 11.4 Å². The van der Waals surface area contributed by atoms with E-state index in [0.29, 0.717) is 25.1 Å². The number of carbonyl (C=O) groups excluding carboxylic acids is 2. The zero-order valence-corrected chi connectivity index (χ0v) is 19.8. The number of hydrogen-bond donors (Lipinski definition) is 1. The molecule has 2 aromatic carbocycles. The molecule has 0 unspecified atom stereocenters. The van der Waals surface area contributed by atoms with Crippen LogP contribution in [-0.4, -0.2) is 50.7 Å². The standard InChI is InChI=1S/C25H29N3O4S/c1-3-27(4-2)33(31,32)23-16-12-21(13-17-23)25(30)26-18-7-8-20-10-14-22(15-11-20)28-19-6-5-9-24(28)29/h10-17H,3-6,9,18-19H2,1-2H3,(H,26,30). The van der Waals surface area contributed by atoms with Crippen molar-refractivity contribution < 1.29 is 18.0 Å². The third-order valence-electron chi connectivity index (χ3n) is 5.53. The number of piperidine rings is 1. The molecule has 0 aliphatic carbocycles. The Balaban J connectivity index is 1.55. The highest BCUT2D eigenvalue weighted by atomic mass is 32.2. The molecule has 1 heterocycles. The molecule has 3 rings (SSSR count). The summed E-state index contributed by atoms with van der Waals surface area (Å²) in [7, 11) is -3.55. The summed E-state index contributed by atoms with van der Waals surface area (Å²) >= 11 is 0. The van der Waals surface area contributed by atoms with Gasteiger partial charge in [0.25, 0.3) is 5.91 Å². The van der Waals surface area contributed by atoms with Crippen LogP contribution in [0.15, 0.2) is 53.4 Å². The first-order valence-corrected chi connectivity index (χ1v) is 12.6. The molecule has 1 aliphatic rings. The van der Waals surface area contributed by atoms with Gasteiger partial charge in [-0.15, -0.1) is 0 Å². The van der Waals surface area contributed by atoms with Crippen LogP contribution >= 0.6 is 0 Å². The summed E-state index contributed by atoms with van der Waals surface area (Å²) in [6, 6.07) is 13.4. The van der Waals surface area contributed by atoms with Crippen molar-refractivity contribution in [3.05, 3.63) is 59.7 Å². The Labute approximate surface area is 195 Å². The van der Waals surface area contributed by atoms with Crippen LogP contribution in [0.5, 0.6) is 0 Å². The highest BCUT2D eigenvalue weighted by molar-refractivity contribution is 7.89. The number of amides is 2. The summed E-state index contributed by atoms with van der Waals surface area (Å²) in [6.45, 7) is 5.25. The van der Waals surface area contributed by atoms with E-state index < -0.39 is 10.0 Å². The molecule has 174 valence electrons. The van der Waals surface area contributed by atoms with Crippen LogP contribution < -0.4 is 10.2 Å². The van der Waals surface area contributed by atoms with Crippen molar-refractivity contribution in [2.24, 2.45) is 0 Å². The second-order valence-corrected chi connectivity index (χ2v) is 9.59. The number of anilines is 1. The number of hydrogen-bond acceptors (Lipinski definition) is 4. The Morgan fingerprint density at radius 2 is 1.70 bits per heavy atom. The van der Waals surface area contributed by atoms with E-state index in [-0.39, 0.29) is 23.3 Å². The fourth-order valence-electron chi connectivity index (χ4n) is 3.67. The Morgan fingerprint density at radius 3 is 2.30 bits per heavy atom. The van der Waals surface area contributed by atoms with E-state index in [4.69, 9.17) is 0 Å². The summed E-state index contributed by atoms with van der Waals surface area (Å²) in [6.07, 6.45) is 2.56. The van der Waals surface area contributed by atoms with Gasteiger partial charge in [0.1, 0.15) is 0 Å². The fraction of sp³-hybridized carbons (Fsp3) is 0.360. The van der Waals surface area contributed by atoms with Gasteiger partial charge < -0.3 is 10.2 Å². The minimum atomic E-state index is -3.55. The predicted molar refractivity (Wildman–Crippen MR) is 128 cm³/mol. The molecule has 2 aromatic rings. The van der Waals surface area contributed by atoms with Gasteiger partial charge in [-0.25, -0.2) is 8.42 Å². The van der Waals surface area contributed by atoms with Crippen molar-refractivity contribution in [3.63, 3.8) is 0 Å². The number of benzene rings is 2. The average Bonchev–Trinajstić information content (AvgIpc) is 2.83. The normalized spacial score (nSPS) is 14.0. The maximum absolute atomic E-state index is 12.5. The number of carbonyl (C=O) groups is 2. The molecule has 7 nitrogen and oxygen atoms in total. The van der Waals surface area contributed by atoms with Crippen molar-refractivity contribution in [2.75, 3.05) is 31.1 Å². The van der Waals surface area contributed by atoms with Crippen molar-refractivity contribution in [3.8, 4) is 11.8 Å². The summed E-state index contributed by atoms with van der Waals surface area (Å²) in [5.41, 5.74) is 2.04. The molecule has 0 spiro atoms. The maximum atomic E-state index is 12.5. The molecule has 33 heavy (non-hydrogen) atoms. The van der Waals surface area contributed by atoms with Crippen molar-refractivity contribution in [1.82, 2.24) is 9.62 Å². The van der Waals surface area contributed by atoms with Crippen LogP contribution in [0.2, 0.25) is 0 Å². The molecule has 8 heteroatoms. The number of nitrogens with zero attached hydrogens (tertiary/aromatic N) is 2. The lowest BCUT2D eigenvalue weighted by Gasteiger charge is -2.26. The zero-order chi connectivity index (χ0) is 23.8. The van der Waals surface area contributed by atoms with Gasteiger partial charge in [0.2, 0.25) is 15.9 Å². The number of sulfonamides is 1. The van der Waals surface area contributed by atoms with Crippen LogP contribution in [0.3, 0.4) is 0 Å². The third-order valence-corrected chi connectivity index (χ3v) is 7.60. The summed E-state index contributed by atoms with van der Waals surface area (Å²) in [4.78, 5) is 26.3. The number of nitrogens with one attached hydrogen (secondary N) is 1. The second kappa shape index (κ2) is 11.1.